The maximum atomic E-state index is 12.9. The lowest BCUT2D eigenvalue weighted by molar-refractivity contribution is 0.0946. The van der Waals surface area contributed by atoms with Crippen LogP contribution < -0.4 is 10.6 Å². The first-order chi connectivity index (χ1) is 12.5. The zero-order chi connectivity index (χ0) is 18.5. The predicted octanol–water partition coefficient (Wildman–Crippen LogP) is 4.25. The number of hydrogen-bond acceptors (Lipinski definition) is 4. The van der Waals surface area contributed by atoms with Crippen molar-refractivity contribution >= 4 is 29.1 Å². The highest BCUT2D eigenvalue weighted by molar-refractivity contribution is 6.31. The molecule has 2 aromatic carbocycles. The second-order valence-electron chi connectivity index (χ2n) is 5.61. The third kappa shape index (κ3) is 4.34. The molecule has 0 atom stereocenters. The van der Waals surface area contributed by atoms with E-state index in [4.69, 9.17) is 11.6 Å². The Hall–Kier alpha value is -2.99. The van der Waals surface area contributed by atoms with Crippen molar-refractivity contribution in [1.29, 1.82) is 0 Å². The molecule has 1 amide bonds. The van der Waals surface area contributed by atoms with Crippen molar-refractivity contribution in [3.63, 3.8) is 0 Å². The smallest absolute Gasteiger partial charge is 0.270 e. The summed E-state index contributed by atoms with van der Waals surface area (Å²) in [5.41, 5.74) is 2.65. The highest BCUT2D eigenvalue weighted by atomic mass is 35.5. The van der Waals surface area contributed by atoms with Gasteiger partial charge in [0.25, 0.3) is 5.91 Å². The summed E-state index contributed by atoms with van der Waals surface area (Å²) in [5, 5.41) is 6.43. The van der Waals surface area contributed by atoms with Crippen molar-refractivity contribution in [1.82, 2.24) is 15.3 Å². The van der Waals surface area contributed by atoms with E-state index >= 15 is 0 Å². The molecule has 3 rings (SSSR count). The highest BCUT2D eigenvalue weighted by Crippen LogP contribution is 2.24. The van der Waals surface area contributed by atoms with E-state index in [1.807, 2.05) is 19.1 Å². The van der Waals surface area contributed by atoms with Crippen LogP contribution in [0.4, 0.5) is 16.0 Å². The summed E-state index contributed by atoms with van der Waals surface area (Å²) in [6.07, 6.45) is 1.50. The van der Waals surface area contributed by atoms with Crippen LogP contribution >= 0.6 is 11.6 Å². The van der Waals surface area contributed by atoms with Crippen LogP contribution in [0, 0.1) is 12.7 Å². The summed E-state index contributed by atoms with van der Waals surface area (Å²) in [4.78, 5) is 20.6. The average molecular weight is 371 g/mol. The van der Waals surface area contributed by atoms with Gasteiger partial charge in [-0.25, -0.2) is 14.4 Å². The van der Waals surface area contributed by atoms with Crippen LogP contribution in [0.2, 0.25) is 5.02 Å². The second-order valence-corrected chi connectivity index (χ2v) is 6.02. The predicted molar refractivity (Wildman–Crippen MR) is 99.1 cm³/mol. The minimum atomic E-state index is -0.345. The Balaban J connectivity index is 1.69. The summed E-state index contributed by atoms with van der Waals surface area (Å²) in [5.74, 6) is -0.365. The van der Waals surface area contributed by atoms with Crippen molar-refractivity contribution in [2.75, 3.05) is 5.32 Å². The third-order valence-electron chi connectivity index (χ3n) is 3.77. The lowest BCUT2D eigenvalue weighted by atomic mass is 10.2. The molecule has 0 unspecified atom stereocenters. The first kappa shape index (κ1) is 17.8. The van der Waals surface area contributed by atoms with E-state index in [9.17, 15) is 9.18 Å². The number of benzene rings is 2. The number of carbonyl (C=O) groups excluding carboxylic acids is 1. The molecule has 0 saturated heterocycles. The van der Waals surface area contributed by atoms with Gasteiger partial charge < -0.3 is 10.6 Å². The van der Waals surface area contributed by atoms with Crippen molar-refractivity contribution in [3.8, 4) is 0 Å². The number of carbonyl (C=O) groups is 1. The van der Waals surface area contributed by atoms with Gasteiger partial charge in [0.15, 0.2) is 0 Å². The van der Waals surface area contributed by atoms with Crippen molar-refractivity contribution in [2.45, 2.75) is 13.5 Å². The van der Waals surface area contributed by atoms with E-state index in [1.165, 1.54) is 24.4 Å². The highest BCUT2D eigenvalue weighted by Gasteiger charge is 2.10. The fourth-order valence-electron chi connectivity index (χ4n) is 2.28. The van der Waals surface area contributed by atoms with Gasteiger partial charge in [0.05, 0.1) is 0 Å². The number of rotatable bonds is 5. The van der Waals surface area contributed by atoms with Gasteiger partial charge in [-0.15, -0.1) is 0 Å². The molecule has 0 fully saturated rings. The van der Waals surface area contributed by atoms with Crippen LogP contribution in [-0.4, -0.2) is 15.9 Å². The molecule has 0 aliphatic rings. The van der Waals surface area contributed by atoms with Crippen LogP contribution in [0.5, 0.6) is 0 Å². The van der Waals surface area contributed by atoms with Gasteiger partial charge in [-0.3, -0.25) is 4.79 Å². The van der Waals surface area contributed by atoms with Crippen molar-refractivity contribution in [2.24, 2.45) is 0 Å². The Kier molecular flexibility index (Phi) is 5.43. The number of nitrogens with one attached hydrogen (secondary N) is 2. The first-order valence-corrected chi connectivity index (χ1v) is 8.28. The van der Waals surface area contributed by atoms with E-state index in [2.05, 4.69) is 20.6 Å². The molecule has 0 spiro atoms. The van der Waals surface area contributed by atoms with Gasteiger partial charge >= 0.3 is 0 Å². The number of nitrogens with zero attached hydrogens (tertiary/aromatic N) is 2. The molecule has 0 aliphatic heterocycles. The van der Waals surface area contributed by atoms with Gasteiger partial charge in [-0.2, -0.15) is 0 Å². The van der Waals surface area contributed by atoms with Gasteiger partial charge in [0.1, 0.15) is 11.5 Å². The average Bonchev–Trinajstić information content (AvgIpc) is 2.65. The van der Waals surface area contributed by atoms with Crippen molar-refractivity contribution in [3.05, 3.63) is 82.4 Å². The van der Waals surface area contributed by atoms with Gasteiger partial charge in [0.2, 0.25) is 5.95 Å². The number of amides is 1. The summed E-state index contributed by atoms with van der Waals surface area (Å²) >= 11 is 6.10. The Morgan fingerprint density at radius 2 is 1.92 bits per heavy atom. The van der Waals surface area contributed by atoms with Crippen LogP contribution in [0.1, 0.15) is 21.6 Å². The maximum Gasteiger partial charge on any atom is 0.270 e. The van der Waals surface area contributed by atoms with Gasteiger partial charge in [-0.1, -0.05) is 29.8 Å². The SMILES string of the molecule is Cc1c(Cl)cccc1Nc1nccc(C(=O)NCc2ccc(F)cc2)n1. The molecule has 1 aromatic heterocycles. The van der Waals surface area contributed by atoms with Crippen LogP contribution in [-0.2, 0) is 6.54 Å². The Morgan fingerprint density at radius 3 is 2.69 bits per heavy atom. The molecule has 7 heteroatoms. The number of halogens is 2. The van der Waals surface area contributed by atoms with E-state index in [-0.39, 0.29) is 24.0 Å². The summed E-state index contributed by atoms with van der Waals surface area (Å²) in [6.45, 7) is 2.16. The van der Waals surface area contributed by atoms with Gasteiger partial charge in [-0.05, 0) is 48.4 Å². The molecule has 0 aliphatic carbocycles. The monoisotopic (exact) mass is 370 g/mol. The number of hydrogen-bond donors (Lipinski definition) is 2. The molecule has 26 heavy (non-hydrogen) atoms. The molecule has 0 bridgehead atoms. The normalized spacial score (nSPS) is 10.4. The minimum absolute atomic E-state index is 0.226. The second kappa shape index (κ2) is 7.93. The standard InChI is InChI=1S/C19H16ClFN4O/c1-12-15(20)3-2-4-16(12)24-19-22-10-9-17(25-19)18(26)23-11-13-5-7-14(21)8-6-13/h2-10H,11H2,1H3,(H,23,26)(H,22,24,25). The lowest BCUT2D eigenvalue weighted by Crippen LogP contribution is -2.24. The molecule has 5 nitrogen and oxygen atoms in total. The van der Waals surface area contributed by atoms with E-state index < -0.39 is 0 Å². The zero-order valence-corrected chi connectivity index (χ0v) is 14.7. The van der Waals surface area contributed by atoms with Crippen LogP contribution in [0.25, 0.3) is 0 Å². The molecule has 3 aromatic rings. The Labute approximate surface area is 155 Å². The van der Waals surface area contributed by atoms with Crippen LogP contribution in [0.3, 0.4) is 0 Å². The minimum Gasteiger partial charge on any atom is -0.347 e. The molecular formula is C19H16ClFN4O. The number of aromatic nitrogens is 2. The maximum absolute atomic E-state index is 12.9. The zero-order valence-electron chi connectivity index (χ0n) is 14.0. The molecule has 1 heterocycles. The quantitative estimate of drug-likeness (QED) is 0.704. The van der Waals surface area contributed by atoms with Gasteiger partial charge in [0, 0.05) is 23.5 Å². The molecular weight excluding hydrogens is 355 g/mol. The van der Waals surface area contributed by atoms with Crippen molar-refractivity contribution < 1.29 is 9.18 Å². The fraction of sp³-hybridized carbons (Fsp3) is 0.105. The third-order valence-corrected chi connectivity index (χ3v) is 4.18. The van der Waals surface area contributed by atoms with E-state index in [0.29, 0.717) is 11.0 Å². The molecule has 2 N–H and O–H groups in total. The summed E-state index contributed by atoms with van der Waals surface area (Å²) in [6, 6.07) is 12.9. The van der Waals surface area contributed by atoms with Crippen LogP contribution in [0.15, 0.2) is 54.7 Å². The molecule has 0 saturated carbocycles. The molecule has 132 valence electrons. The largest absolute Gasteiger partial charge is 0.347 e. The first-order valence-electron chi connectivity index (χ1n) is 7.91. The fourth-order valence-corrected chi connectivity index (χ4v) is 2.46. The van der Waals surface area contributed by atoms with E-state index in [1.54, 1.807) is 18.2 Å². The number of anilines is 2. The Bertz CT molecular complexity index is 931. The Morgan fingerprint density at radius 1 is 1.15 bits per heavy atom. The lowest BCUT2D eigenvalue weighted by Gasteiger charge is -2.10. The molecule has 0 radical (unpaired) electrons. The van der Waals surface area contributed by atoms with E-state index in [0.717, 1.165) is 16.8 Å². The topological polar surface area (TPSA) is 66.9 Å². The summed E-state index contributed by atoms with van der Waals surface area (Å²) in [7, 11) is 0. The summed E-state index contributed by atoms with van der Waals surface area (Å²) < 4.78 is 12.9.